The summed E-state index contributed by atoms with van der Waals surface area (Å²) >= 11 is 6.02. The lowest BCUT2D eigenvalue weighted by Crippen LogP contribution is -2.20. The first-order valence-electron chi connectivity index (χ1n) is 9.73. The molecule has 160 valence electrons. The standard InChI is InChI=1S/C24H19ClN4O3/c25-17-8-6-16(7-9-17)23-21(14-29(28-23)19-4-2-1-3-5-19)24(31)27-18-10-12-20(13-11-18)32-15-22(26)30/h1-14H,15H2,(H2,26,30)(H,27,31). The van der Waals surface area contributed by atoms with Crippen molar-refractivity contribution in [2.75, 3.05) is 11.9 Å². The van der Waals surface area contributed by atoms with Crippen LogP contribution in [0, 0.1) is 0 Å². The lowest BCUT2D eigenvalue weighted by molar-refractivity contribution is -0.119. The molecule has 0 radical (unpaired) electrons. The molecule has 0 fully saturated rings. The second-order valence-corrected chi connectivity index (χ2v) is 7.35. The van der Waals surface area contributed by atoms with E-state index in [2.05, 4.69) is 10.4 Å². The quantitative estimate of drug-likeness (QED) is 0.442. The summed E-state index contributed by atoms with van der Waals surface area (Å²) in [5, 5.41) is 8.12. The van der Waals surface area contributed by atoms with Gasteiger partial charge in [0.1, 0.15) is 11.4 Å². The van der Waals surface area contributed by atoms with E-state index in [-0.39, 0.29) is 12.5 Å². The summed E-state index contributed by atoms with van der Waals surface area (Å²) in [6.07, 6.45) is 1.69. The highest BCUT2D eigenvalue weighted by Gasteiger charge is 2.19. The number of anilines is 1. The molecule has 0 bridgehead atoms. The summed E-state index contributed by atoms with van der Waals surface area (Å²) in [6.45, 7) is -0.213. The summed E-state index contributed by atoms with van der Waals surface area (Å²) in [6, 6.07) is 23.3. The average Bonchev–Trinajstić information content (AvgIpc) is 3.25. The minimum absolute atomic E-state index is 0.213. The number of hydrogen-bond acceptors (Lipinski definition) is 4. The summed E-state index contributed by atoms with van der Waals surface area (Å²) in [5.41, 5.74) is 8.18. The Morgan fingerprint density at radius 2 is 1.66 bits per heavy atom. The minimum Gasteiger partial charge on any atom is -0.484 e. The number of ether oxygens (including phenoxy) is 1. The summed E-state index contributed by atoms with van der Waals surface area (Å²) in [4.78, 5) is 24.0. The number of amides is 2. The summed E-state index contributed by atoms with van der Waals surface area (Å²) < 4.78 is 6.91. The number of benzene rings is 3. The average molecular weight is 447 g/mol. The van der Waals surface area contributed by atoms with Crippen LogP contribution in [-0.2, 0) is 4.79 Å². The van der Waals surface area contributed by atoms with Crippen LogP contribution >= 0.6 is 11.6 Å². The number of nitrogens with one attached hydrogen (secondary N) is 1. The molecule has 0 spiro atoms. The molecular formula is C24H19ClN4O3. The van der Waals surface area contributed by atoms with Gasteiger partial charge in [0.2, 0.25) is 0 Å². The van der Waals surface area contributed by atoms with Crippen molar-refractivity contribution in [3.05, 3.63) is 95.6 Å². The topological polar surface area (TPSA) is 99.2 Å². The predicted octanol–water partition coefficient (Wildman–Crippen LogP) is 4.31. The molecule has 0 atom stereocenters. The van der Waals surface area contributed by atoms with Gasteiger partial charge in [-0.15, -0.1) is 0 Å². The maximum Gasteiger partial charge on any atom is 0.259 e. The summed E-state index contributed by atoms with van der Waals surface area (Å²) in [7, 11) is 0. The van der Waals surface area contributed by atoms with Crippen LogP contribution in [0.3, 0.4) is 0 Å². The van der Waals surface area contributed by atoms with E-state index in [0.717, 1.165) is 11.3 Å². The maximum absolute atomic E-state index is 13.1. The molecule has 0 aliphatic rings. The van der Waals surface area contributed by atoms with E-state index in [1.807, 2.05) is 42.5 Å². The van der Waals surface area contributed by atoms with Crippen molar-refractivity contribution < 1.29 is 14.3 Å². The van der Waals surface area contributed by atoms with Crippen LogP contribution in [-0.4, -0.2) is 28.2 Å². The van der Waals surface area contributed by atoms with Crippen LogP contribution in [0.5, 0.6) is 5.75 Å². The van der Waals surface area contributed by atoms with Crippen molar-refractivity contribution in [1.29, 1.82) is 0 Å². The van der Waals surface area contributed by atoms with Crippen molar-refractivity contribution in [2.45, 2.75) is 0 Å². The molecule has 0 unspecified atom stereocenters. The zero-order valence-electron chi connectivity index (χ0n) is 16.9. The molecule has 1 aromatic heterocycles. The highest BCUT2D eigenvalue weighted by Crippen LogP contribution is 2.26. The van der Waals surface area contributed by atoms with Gasteiger partial charge in [0.25, 0.3) is 11.8 Å². The molecule has 4 rings (SSSR count). The van der Waals surface area contributed by atoms with Gasteiger partial charge in [-0.25, -0.2) is 4.68 Å². The van der Waals surface area contributed by atoms with Gasteiger partial charge in [0.05, 0.1) is 11.3 Å². The fourth-order valence-electron chi connectivity index (χ4n) is 3.06. The van der Waals surface area contributed by atoms with Crippen molar-refractivity contribution in [2.24, 2.45) is 5.73 Å². The Labute approximate surface area is 189 Å². The minimum atomic E-state index is -0.562. The van der Waals surface area contributed by atoms with Crippen LogP contribution in [0.25, 0.3) is 16.9 Å². The number of carbonyl (C=O) groups excluding carboxylic acids is 2. The van der Waals surface area contributed by atoms with Crippen molar-refractivity contribution in [1.82, 2.24) is 9.78 Å². The van der Waals surface area contributed by atoms with E-state index in [4.69, 9.17) is 22.1 Å². The van der Waals surface area contributed by atoms with Crippen molar-refractivity contribution in [3.8, 4) is 22.7 Å². The van der Waals surface area contributed by atoms with Crippen molar-refractivity contribution >= 4 is 29.1 Å². The largest absolute Gasteiger partial charge is 0.484 e. The van der Waals surface area contributed by atoms with Crippen LogP contribution < -0.4 is 15.8 Å². The first-order valence-corrected chi connectivity index (χ1v) is 10.1. The van der Waals surface area contributed by atoms with Gasteiger partial charge in [-0.05, 0) is 48.5 Å². The predicted molar refractivity (Wildman–Crippen MR) is 123 cm³/mol. The Kier molecular flexibility index (Phi) is 6.19. The van der Waals surface area contributed by atoms with E-state index in [1.165, 1.54) is 0 Å². The number of halogens is 1. The molecule has 2 amide bonds. The molecule has 1 heterocycles. The molecule has 3 aromatic carbocycles. The SMILES string of the molecule is NC(=O)COc1ccc(NC(=O)c2cn(-c3ccccc3)nc2-c2ccc(Cl)cc2)cc1. The Balaban J connectivity index is 1.62. The fraction of sp³-hybridized carbons (Fsp3) is 0.0417. The van der Waals surface area contributed by atoms with E-state index >= 15 is 0 Å². The number of nitrogens with zero attached hydrogens (tertiary/aromatic N) is 2. The fourth-order valence-corrected chi connectivity index (χ4v) is 3.19. The molecule has 3 N–H and O–H groups in total. The first kappa shape index (κ1) is 21.1. The van der Waals surface area contributed by atoms with Gasteiger partial charge in [-0.2, -0.15) is 5.10 Å². The maximum atomic E-state index is 13.1. The number of primary amides is 1. The van der Waals surface area contributed by atoms with E-state index < -0.39 is 5.91 Å². The zero-order valence-corrected chi connectivity index (χ0v) is 17.6. The molecule has 4 aromatic rings. The molecule has 7 nitrogen and oxygen atoms in total. The molecular weight excluding hydrogens is 428 g/mol. The van der Waals surface area contributed by atoms with Gasteiger partial charge in [-0.1, -0.05) is 41.9 Å². The highest BCUT2D eigenvalue weighted by atomic mass is 35.5. The molecule has 0 aliphatic carbocycles. The highest BCUT2D eigenvalue weighted by molar-refractivity contribution is 6.30. The molecule has 32 heavy (non-hydrogen) atoms. The third-order valence-electron chi connectivity index (χ3n) is 4.59. The van der Waals surface area contributed by atoms with Gasteiger partial charge >= 0.3 is 0 Å². The van der Waals surface area contributed by atoms with Crippen LogP contribution in [0.1, 0.15) is 10.4 Å². The Hall–Kier alpha value is -4.10. The lowest BCUT2D eigenvalue weighted by atomic mass is 10.1. The van der Waals surface area contributed by atoms with Crippen molar-refractivity contribution in [3.63, 3.8) is 0 Å². The second-order valence-electron chi connectivity index (χ2n) is 6.91. The van der Waals surface area contributed by atoms with Crippen LogP contribution in [0.2, 0.25) is 5.02 Å². The second kappa shape index (κ2) is 9.36. The Bertz CT molecular complexity index is 1240. The van der Waals surface area contributed by atoms with Gasteiger partial charge < -0.3 is 15.8 Å². The number of hydrogen-bond donors (Lipinski definition) is 2. The van der Waals surface area contributed by atoms with Gasteiger partial charge in [0.15, 0.2) is 6.61 Å². The van der Waals surface area contributed by atoms with E-state index in [1.54, 1.807) is 47.3 Å². The Morgan fingerprint density at radius 1 is 0.969 bits per heavy atom. The normalized spacial score (nSPS) is 10.5. The number of aromatic nitrogens is 2. The lowest BCUT2D eigenvalue weighted by Gasteiger charge is -2.07. The number of carbonyl (C=O) groups is 2. The number of nitrogens with two attached hydrogens (primary N) is 1. The van der Waals surface area contributed by atoms with Gasteiger partial charge in [0, 0.05) is 22.5 Å². The molecule has 0 saturated carbocycles. The molecule has 0 saturated heterocycles. The van der Waals surface area contributed by atoms with E-state index in [0.29, 0.717) is 27.7 Å². The van der Waals surface area contributed by atoms with Crippen LogP contribution in [0.4, 0.5) is 5.69 Å². The third-order valence-corrected chi connectivity index (χ3v) is 4.84. The van der Waals surface area contributed by atoms with E-state index in [9.17, 15) is 9.59 Å². The van der Waals surface area contributed by atoms with Crippen LogP contribution in [0.15, 0.2) is 85.1 Å². The van der Waals surface area contributed by atoms with Gasteiger partial charge in [-0.3, -0.25) is 9.59 Å². The molecule has 0 aliphatic heterocycles. The number of rotatable bonds is 7. The zero-order chi connectivity index (χ0) is 22.5. The smallest absolute Gasteiger partial charge is 0.259 e. The monoisotopic (exact) mass is 446 g/mol. The third kappa shape index (κ3) is 4.96. The number of para-hydroxylation sites is 1. The Morgan fingerprint density at radius 3 is 2.31 bits per heavy atom. The molecule has 8 heteroatoms. The first-order chi connectivity index (χ1) is 15.5. The summed E-state index contributed by atoms with van der Waals surface area (Å²) in [5.74, 6) is -0.406.